The molecule has 5 heteroatoms. The molecule has 16 heavy (non-hydrogen) atoms. The van der Waals surface area contributed by atoms with E-state index in [-0.39, 0.29) is 0 Å². The highest BCUT2D eigenvalue weighted by atomic mass is 35.5. The van der Waals surface area contributed by atoms with Crippen molar-refractivity contribution in [2.24, 2.45) is 5.73 Å². The first kappa shape index (κ1) is 10.9. The Labute approximate surface area is 98.0 Å². The molecule has 2 rings (SSSR count). The van der Waals surface area contributed by atoms with Crippen molar-refractivity contribution in [3.8, 4) is 11.6 Å². The summed E-state index contributed by atoms with van der Waals surface area (Å²) < 4.78 is 5.46. The van der Waals surface area contributed by atoms with E-state index in [2.05, 4.69) is 9.97 Å². The lowest BCUT2D eigenvalue weighted by atomic mass is 10.2. The van der Waals surface area contributed by atoms with Gasteiger partial charge in [0, 0.05) is 18.9 Å². The van der Waals surface area contributed by atoms with Crippen LogP contribution in [0.25, 0.3) is 0 Å². The summed E-state index contributed by atoms with van der Waals surface area (Å²) >= 11 is 6.03. The molecular formula is C11H10ClN3O. The fourth-order valence-electron chi connectivity index (χ4n) is 1.20. The van der Waals surface area contributed by atoms with Gasteiger partial charge in [-0.05, 0) is 17.7 Å². The van der Waals surface area contributed by atoms with Crippen LogP contribution in [-0.2, 0) is 6.54 Å². The molecule has 2 N–H and O–H groups in total. The number of aromatic nitrogens is 2. The van der Waals surface area contributed by atoms with Gasteiger partial charge in [0.15, 0.2) is 0 Å². The highest BCUT2D eigenvalue weighted by Crippen LogP contribution is 2.28. The Hall–Kier alpha value is -1.65. The lowest BCUT2D eigenvalue weighted by molar-refractivity contribution is 0.460. The van der Waals surface area contributed by atoms with Gasteiger partial charge in [0.25, 0.3) is 0 Å². The number of nitrogens with two attached hydrogens (primary N) is 1. The maximum Gasteiger partial charge on any atom is 0.237 e. The van der Waals surface area contributed by atoms with Gasteiger partial charge in [0.1, 0.15) is 5.75 Å². The first-order chi connectivity index (χ1) is 7.79. The Balaban J connectivity index is 2.22. The number of benzene rings is 1. The van der Waals surface area contributed by atoms with Crippen LogP contribution in [0.5, 0.6) is 11.6 Å². The maximum atomic E-state index is 6.03. The summed E-state index contributed by atoms with van der Waals surface area (Å²) in [6.07, 6.45) is 4.65. The topological polar surface area (TPSA) is 61.0 Å². The lowest BCUT2D eigenvalue weighted by Gasteiger charge is -2.06. The van der Waals surface area contributed by atoms with E-state index in [0.717, 1.165) is 5.56 Å². The normalized spacial score (nSPS) is 10.1. The zero-order valence-corrected chi connectivity index (χ0v) is 9.19. The van der Waals surface area contributed by atoms with Crippen LogP contribution in [0.2, 0.25) is 5.02 Å². The molecule has 0 saturated carbocycles. The van der Waals surface area contributed by atoms with Gasteiger partial charge < -0.3 is 10.5 Å². The third-order valence-electron chi connectivity index (χ3n) is 1.99. The van der Waals surface area contributed by atoms with Gasteiger partial charge in [-0.3, -0.25) is 4.98 Å². The van der Waals surface area contributed by atoms with Crippen LogP contribution in [0.4, 0.5) is 0 Å². The molecule has 0 saturated heterocycles. The fourth-order valence-corrected chi connectivity index (χ4v) is 1.45. The minimum atomic E-state index is 0.407. The number of hydrogen-bond donors (Lipinski definition) is 1. The molecule has 0 radical (unpaired) electrons. The molecule has 0 atom stereocenters. The second-order valence-corrected chi connectivity index (χ2v) is 3.52. The predicted molar refractivity (Wildman–Crippen MR) is 61.4 cm³/mol. The maximum absolute atomic E-state index is 6.03. The minimum absolute atomic E-state index is 0.407. The van der Waals surface area contributed by atoms with Crippen LogP contribution in [0.3, 0.4) is 0 Å². The standard InChI is InChI=1S/C11H10ClN3O/c12-9-5-8(6-13)1-2-10(9)16-11-7-14-3-4-15-11/h1-5,7H,6,13H2. The zero-order valence-electron chi connectivity index (χ0n) is 8.43. The van der Waals surface area contributed by atoms with Crippen LogP contribution < -0.4 is 10.5 Å². The summed E-state index contributed by atoms with van der Waals surface area (Å²) in [6, 6.07) is 5.39. The second-order valence-electron chi connectivity index (χ2n) is 3.11. The average molecular weight is 236 g/mol. The number of ether oxygens (including phenoxy) is 1. The Kier molecular flexibility index (Phi) is 3.34. The molecule has 0 amide bonds. The third-order valence-corrected chi connectivity index (χ3v) is 2.28. The number of hydrogen-bond acceptors (Lipinski definition) is 4. The van der Waals surface area contributed by atoms with Crippen molar-refractivity contribution in [3.63, 3.8) is 0 Å². The fraction of sp³-hybridized carbons (Fsp3) is 0.0909. The van der Waals surface area contributed by atoms with E-state index >= 15 is 0 Å². The van der Waals surface area contributed by atoms with E-state index in [1.54, 1.807) is 24.5 Å². The molecule has 82 valence electrons. The molecule has 1 aromatic heterocycles. The molecule has 2 aromatic rings. The van der Waals surface area contributed by atoms with Crippen LogP contribution in [0.15, 0.2) is 36.8 Å². The van der Waals surface area contributed by atoms with Crippen molar-refractivity contribution in [2.75, 3.05) is 0 Å². The van der Waals surface area contributed by atoms with E-state index < -0.39 is 0 Å². The van der Waals surface area contributed by atoms with Gasteiger partial charge in [-0.15, -0.1) is 0 Å². The molecule has 0 unspecified atom stereocenters. The van der Waals surface area contributed by atoms with Crippen molar-refractivity contribution in [2.45, 2.75) is 6.54 Å². The summed E-state index contributed by atoms with van der Waals surface area (Å²) in [5.41, 5.74) is 6.45. The Morgan fingerprint density at radius 3 is 2.81 bits per heavy atom. The van der Waals surface area contributed by atoms with Gasteiger partial charge in [-0.1, -0.05) is 17.7 Å². The summed E-state index contributed by atoms with van der Waals surface area (Å²) in [4.78, 5) is 7.88. The molecule has 0 aliphatic carbocycles. The van der Waals surface area contributed by atoms with E-state index in [1.165, 1.54) is 6.20 Å². The van der Waals surface area contributed by atoms with Crippen molar-refractivity contribution in [1.82, 2.24) is 9.97 Å². The minimum Gasteiger partial charge on any atom is -0.436 e. The molecule has 4 nitrogen and oxygen atoms in total. The van der Waals surface area contributed by atoms with Crippen LogP contribution >= 0.6 is 11.6 Å². The molecule has 1 heterocycles. The molecular weight excluding hydrogens is 226 g/mol. The van der Waals surface area contributed by atoms with Gasteiger partial charge in [0.05, 0.1) is 11.2 Å². The van der Waals surface area contributed by atoms with E-state index in [1.807, 2.05) is 6.07 Å². The van der Waals surface area contributed by atoms with Crippen LogP contribution in [-0.4, -0.2) is 9.97 Å². The molecule has 0 bridgehead atoms. The van der Waals surface area contributed by atoms with E-state index in [0.29, 0.717) is 23.2 Å². The third kappa shape index (κ3) is 2.48. The lowest BCUT2D eigenvalue weighted by Crippen LogP contribution is -1.96. The van der Waals surface area contributed by atoms with Gasteiger partial charge in [-0.2, -0.15) is 0 Å². The predicted octanol–water partition coefficient (Wildman–Crippen LogP) is 2.38. The number of nitrogens with zero attached hydrogens (tertiary/aromatic N) is 2. The summed E-state index contributed by atoms with van der Waals surface area (Å²) in [6.45, 7) is 0.450. The van der Waals surface area contributed by atoms with Crippen molar-refractivity contribution < 1.29 is 4.74 Å². The van der Waals surface area contributed by atoms with Gasteiger partial charge in [-0.25, -0.2) is 4.98 Å². The van der Waals surface area contributed by atoms with Crippen molar-refractivity contribution >= 4 is 11.6 Å². The quantitative estimate of drug-likeness (QED) is 0.887. The first-order valence-electron chi connectivity index (χ1n) is 4.72. The highest BCUT2D eigenvalue weighted by molar-refractivity contribution is 6.32. The van der Waals surface area contributed by atoms with Gasteiger partial charge in [0.2, 0.25) is 5.88 Å². The van der Waals surface area contributed by atoms with E-state index in [9.17, 15) is 0 Å². The zero-order chi connectivity index (χ0) is 11.4. The smallest absolute Gasteiger partial charge is 0.237 e. The SMILES string of the molecule is NCc1ccc(Oc2cnccn2)c(Cl)c1. The Bertz CT molecular complexity index is 476. The van der Waals surface area contributed by atoms with Crippen LogP contribution in [0, 0.1) is 0 Å². The van der Waals surface area contributed by atoms with Crippen molar-refractivity contribution in [3.05, 3.63) is 47.4 Å². The molecule has 0 spiro atoms. The summed E-state index contributed by atoms with van der Waals surface area (Å²) in [7, 11) is 0. The van der Waals surface area contributed by atoms with Gasteiger partial charge >= 0.3 is 0 Å². The summed E-state index contributed by atoms with van der Waals surface area (Å²) in [5.74, 6) is 0.948. The average Bonchev–Trinajstić information content (AvgIpc) is 2.33. The van der Waals surface area contributed by atoms with E-state index in [4.69, 9.17) is 22.1 Å². The number of halogens is 1. The molecule has 0 aliphatic heterocycles. The molecule has 1 aromatic carbocycles. The monoisotopic (exact) mass is 235 g/mol. The largest absolute Gasteiger partial charge is 0.436 e. The summed E-state index contributed by atoms with van der Waals surface area (Å²) in [5, 5.41) is 0.508. The first-order valence-corrected chi connectivity index (χ1v) is 5.10. The van der Waals surface area contributed by atoms with Crippen molar-refractivity contribution in [1.29, 1.82) is 0 Å². The van der Waals surface area contributed by atoms with Crippen LogP contribution in [0.1, 0.15) is 5.56 Å². The second kappa shape index (κ2) is 4.92. The highest BCUT2D eigenvalue weighted by Gasteiger charge is 2.04. The Morgan fingerprint density at radius 2 is 2.19 bits per heavy atom. The number of rotatable bonds is 3. The molecule has 0 aliphatic rings. The Morgan fingerprint density at radius 1 is 1.31 bits per heavy atom. The molecule has 0 fully saturated rings.